The Balaban J connectivity index is 1.77. The SMILES string of the molecule is CC(O)C1CCN(C(=O)c2ccccc2NC(=O)c2ccccc2)C1. The molecule has 1 fully saturated rings. The lowest BCUT2D eigenvalue weighted by atomic mass is 10.0. The quantitative estimate of drug-likeness (QED) is 0.901. The summed E-state index contributed by atoms with van der Waals surface area (Å²) in [6.45, 7) is 2.92. The van der Waals surface area contributed by atoms with Gasteiger partial charge in [0.2, 0.25) is 0 Å². The van der Waals surface area contributed by atoms with Crippen LogP contribution in [0.4, 0.5) is 5.69 Å². The van der Waals surface area contributed by atoms with Crippen molar-refractivity contribution in [2.45, 2.75) is 19.4 Å². The zero-order valence-corrected chi connectivity index (χ0v) is 14.2. The highest BCUT2D eigenvalue weighted by molar-refractivity contribution is 6.09. The largest absolute Gasteiger partial charge is 0.393 e. The molecule has 0 bridgehead atoms. The van der Waals surface area contributed by atoms with Crippen molar-refractivity contribution in [1.29, 1.82) is 0 Å². The van der Waals surface area contributed by atoms with Crippen molar-refractivity contribution in [1.82, 2.24) is 4.90 Å². The van der Waals surface area contributed by atoms with E-state index < -0.39 is 6.10 Å². The van der Waals surface area contributed by atoms with Crippen LogP contribution in [0.5, 0.6) is 0 Å². The third-order valence-electron chi connectivity index (χ3n) is 4.64. The van der Waals surface area contributed by atoms with Crippen molar-refractivity contribution < 1.29 is 14.7 Å². The summed E-state index contributed by atoms with van der Waals surface area (Å²) in [4.78, 5) is 27.0. The van der Waals surface area contributed by atoms with Crippen molar-refractivity contribution >= 4 is 17.5 Å². The summed E-state index contributed by atoms with van der Waals surface area (Å²) >= 11 is 0. The maximum Gasteiger partial charge on any atom is 0.255 e. The molecule has 5 nitrogen and oxygen atoms in total. The first-order valence-electron chi connectivity index (χ1n) is 8.49. The lowest BCUT2D eigenvalue weighted by molar-refractivity contribution is 0.0763. The number of para-hydroxylation sites is 1. The minimum Gasteiger partial charge on any atom is -0.393 e. The van der Waals surface area contributed by atoms with Crippen molar-refractivity contribution in [3.8, 4) is 0 Å². The van der Waals surface area contributed by atoms with Crippen LogP contribution in [0.2, 0.25) is 0 Å². The van der Waals surface area contributed by atoms with Crippen LogP contribution in [0, 0.1) is 5.92 Å². The van der Waals surface area contributed by atoms with Crippen LogP contribution >= 0.6 is 0 Å². The van der Waals surface area contributed by atoms with Crippen molar-refractivity contribution in [3.63, 3.8) is 0 Å². The Labute approximate surface area is 147 Å². The van der Waals surface area contributed by atoms with Crippen LogP contribution < -0.4 is 5.32 Å². The minimum absolute atomic E-state index is 0.107. The van der Waals surface area contributed by atoms with Crippen LogP contribution in [-0.4, -0.2) is 41.0 Å². The molecule has 2 N–H and O–H groups in total. The molecule has 0 saturated carbocycles. The van der Waals surface area contributed by atoms with Gasteiger partial charge in [-0.25, -0.2) is 0 Å². The summed E-state index contributed by atoms with van der Waals surface area (Å²) in [5.41, 5.74) is 1.51. The number of aliphatic hydroxyl groups is 1. The highest BCUT2D eigenvalue weighted by atomic mass is 16.3. The van der Waals surface area contributed by atoms with E-state index in [0.717, 1.165) is 6.42 Å². The smallest absolute Gasteiger partial charge is 0.255 e. The predicted octanol–water partition coefficient (Wildman–Crippen LogP) is 2.78. The summed E-state index contributed by atoms with van der Waals surface area (Å²) in [6.07, 6.45) is 0.368. The predicted molar refractivity (Wildman–Crippen MR) is 96.5 cm³/mol. The van der Waals surface area contributed by atoms with Gasteiger partial charge in [-0.3, -0.25) is 9.59 Å². The summed E-state index contributed by atoms with van der Waals surface area (Å²) in [5, 5.41) is 12.6. The maximum absolute atomic E-state index is 12.8. The van der Waals surface area contributed by atoms with Crippen LogP contribution in [0.1, 0.15) is 34.1 Å². The summed E-state index contributed by atoms with van der Waals surface area (Å²) in [7, 11) is 0. The van der Waals surface area contributed by atoms with Gasteiger partial charge in [0.1, 0.15) is 0 Å². The van der Waals surface area contributed by atoms with Gasteiger partial charge in [0.15, 0.2) is 0 Å². The van der Waals surface area contributed by atoms with Crippen LogP contribution in [0.3, 0.4) is 0 Å². The molecular weight excluding hydrogens is 316 g/mol. The van der Waals surface area contributed by atoms with Gasteiger partial charge in [-0.2, -0.15) is 0 Å². The lowest BCUT2D eigenvalue weighted by Gasteiger charge is -2.19. The number of likely N-dealkylation sites (tertiary alicyclic amines) is 1. The molecular formula is C20H22N2O3. The molecule has 1 aliphatic heterocycles. The van der Waals surface area contributed by atoms with Crippen LogP contribution in [-0.2, 0) is 0 Å². The average molecular weight is 338 g/mol. The first-order chi connectivity index (χ1) is 12.1. The fourth-order valence-corrected chi connectivity index (χ4v) is 3.10. The Kier molecular flexibility index (Phi) is 5.14. The van der Waals surface area contributed by atoms with Gasteiger partial charge in [0, 0.05) is 24.6 Å². The van der Waals surface area contributed by atoms with Crippen LogP contribution in [0.15, 0.2) is 54.6 Å². The Morgan fingerprint density at radius 1 is 1.12 bits per heavy atom. The number of anilines is 1. The number of hydrogen-bond donors (Lipinski definition) is 2. The minimum atomic E-state index is -0.425. The van der Waals surface area contributed by atoms with E-state index in [-0.39, 0.29) is 17.7 Å². The fourth-order valence-electron chi connectivity index (χ4n) is 3.10. The second kappa shape index (κ2) is 7.49. The molecule has 1 aliphatic rings. The van der Waals surface area contributed by atoms with E-state index >= 15 is 0 Å². The number of nitrogens with one attached hydrogen (secondary N) is 1. The Bertz CT molecular complexity index is 759. The van der Waals surface area contributed by atoms with E-state index in [2.05, 4.69) is 5.32 Å². The first kappa shape index (κ1) is 17.2. The molecule has 2 aromatic rings. The zero-order chi connectivity index (χ0) is 17.8. The molecule has 0 radical (unpaired) electrons. The third-order valence-corrected chi connectivity index (χ3v) is 4.64. The second-order valence-electron chi connectivity index (χ2n) is 6.41. The maximum atomic E-state index is 12.8. The van der Waals surface area contributed by atoms with Crippen molar-refractivity contribution in [2.75, 3.05) is 18.4 Å². The molecule has 2 atom stereocenters. The molecule has 1 saturated heterocycles. The van der Waals surface area contributed by atoms with E-state index in [1.54, 1.807) is 60.4 Å². The average Bonchev–Trinajstić information content (AvgIpc) is 3.13. The standard InChI is InChI=1S/C20H22N2O3/c1-14(23)16-11-12-22(13-16)20(25)17-9-5-6-10-18(17)21-19(24)15-7-3-2-4-8-15/h2-10,14,16,23H,11-13H2,1H3,(H,21,24). The Morgan fingerprint density at radius 3 is 2.48 bits per heavy atom. The number of carbonyl (C=O) groups is 2. The third kappa shape index (κ3) is 3.88. The van der Waals surface area contributed by atoms with E-state index in [1.165, 1.54) is 0 Å². The number of rotatable bonds is 4. The molecule has 2 unspecified atom stereocenters. The second-order valence-corrected chi connectivity index (χ2v) is 6.41. The Hall–Kier alpha value is -2.66. The summed E-state index contributed by atoms with van der Waals surface area (Å²) < 4.78 is 0. The molecule has 3 rings (SSSR count). The van der Waals surface area contributed by atoms with Gasteiger partial charge in [0.05, 0.1) is 17.4 Å². The van der Waals surface area contributed by atoms with E-state index in [4.69, 9.17) is 0 Å². The number of amides is 2. The summed E-state index contributed by atoms with van der Waals surface area (Å²) in [5.74, 6) is -0.258. The van der Waals surface area contributed by atoms with Crippen molar-refractivity contribution in [2.24, 2.45) is 5.92 Å². The lowest BCUT2D eigenvalue weighted by Crippen LogP contribution is -2.31. The summed E-state index contributed by atoms with van der Waals surface area (Å²) in [6, 6.07) is 15.9. The molecule has 1 heterocycles. The topological polar surface area (TPSA) is 69.6 Å². The molecule has 25 heavy (non-hydrogen) atoms. The number of hydrogen-bond acceptors (Lipinski definition) is 3. The van der Waals surface area contributed by atoms with Gasteiger partial charge >= 0.3 is 0 Å². The number of benzene rings is 2. The molecule has 5 heteroatoms. The number of nitrogens with zero attached hydrogens (tertiary/aromatic N) is 1. The van der Waals surface area contributed by atoms with Crippen LogP contribution in [0.25, 0.3) is 0 Å². The molecule has 0 spiro atoms. The molecule has 0 aliphatic carbocycles. The van der Waals surface area contributed by atoms with Gasteiger partial charge in [-0.05, 0) is 37.6 Å². The Morgan fingerprint density at radius 2 is 1.80 bits per heavy atom. The van der Waals surface area contributed by atoms with Gasteiger partial charge < -0.3 is 15.3 Å². The highest BCUT2D eigenvalue weighted by Crippen LogP contribution is 2.24. The molecule has 0 aromatic heterocycles. The molecule has 2 aromatic carbocycles. The van der Waals surface area contributed by atoms with E-state index in [9.17, 15) is 14.7 Å². The van der Waals surface area contributed by atoms with Gasteiger partial charge in [0.25, 0.3) is 11.8 Å². The molecule has 130 valence electrons. The fraction of sp³-hybridized carbons (Fsp3) is 0.300. The van der Waals surface area contributed by atoms with Gasteiger partial charge in [-0.15, -0.1) is 0 Å². The van der Waals surface area contributed by atoms with Gasteiger partial charge in [-0.1, -0.05) is 30.3 Å². The number of carbonyl (C=O) groups excluding carboxylic acids is 2. The number of aliphatic hydroxyl groups excluding tert-OH is 1. The highest BCUT2D eigenvalue weighted by Gasteiger charge is 2.30. The normalized spacial score (nSPS) is 18.0. The van der Waals surface area contributed by atoms with E-state index in [0.29, 0.717) is 29.9 Å². The zero-order valence-electron chi connectivity index (χ0n) is 14.2. The van der Waals surface area contributed by atoms with E-state index in [1.807, 2.05) is 6.07 Å². The molecule has 2 amide bonds. The monoisotopic (exact) mass is 338 g/mol. The first-order valence-corrected chi connectivity index (χ1v) is 8.49. The van der Waals surface area contributed by atoms with Crippen molar-refractivity contribution in [3.05, 3.63) is 65.7 Å².